The van der Waals surface area contributed by atoms with Gasteiger partial charge in [-0.3, -0.25) is 0 Å². The van der Waals surface area contributed by atoms with Crippen LogP contribution >= 0.6 is 24.0 Å². The Hall–Kier alpha value is -0.280. The highest BCUT2D eigenvalue weighted by Gasteiger charge is 2.22. The van der Waals surface area contributed by atoms with Crippen LogP contribution in [0.4, 0.5) is 0 Å². The van der Waals surface area contributed by atoms with Crippen LogP contribution in [0.5, 0.6) is 0 Å². The molecule has 1 unspecified atom stereocenters. The summed E-state index contributed by atoms with van der Waals surface area (Å²) in [5, 5.41) is 10.8. The quantitative estimate of drug-likeness (QED) is 0.885. The molecule has 0 spiro atoms. The van der Waals surface area contributed by atoms with Gasteiger partial charge < -0.3 is 10.8 Å². The molecule has 2 nitrogen and oxygen atoms in total. The van der Waals surface area contributed by atoms with Crippen molar-refractivity contribution in [2.45, 2.75) is 39.3 Å². The first-order chi connectivity index (χ1) is 7.47. The number of aryl methyl sites for hydroxylation is 1. The Kier molecular flexibility index (Phi) is 7.10. The molecule has 0 saturated heterocycles. The summed E-state index contributed by atoms with van der Waals surface area (Å²) >= 11 is 5.89. The number of nitrogens with two attached hydrogens (primary N) is 1. The van der Waals surface area contributed by atoms with Crippen molar-refractivity contribution in [3.8, 4) is 0 Å². The molecule has 0 radical (unpaired) electrons. The van der Waals surface area contributed by atoms with Crippen molar-refractivity contribution in [3.05, 3.63) is 34.3 Å². The van der Waals surface area contributed by atoms with E-state index >= 15 is 0 Å². The summed E-state index contributed by atoms with van der Waals surface area (Å²) in [6.07, 6.45) is 0.409. The van der Waals surface area contributed by atoms with Gasteiger partial charge in [0, 0.05) is 5.02 Å². The van der Waals surface area contributed by atoms with Gasteiger partial charge in [-0.05, 0) is 36.1 Å². The molecule has 1 aromatic carbocycles. The maximum Gasteiger partial charge on any atom is 0.0758 e. The third-order valence-corrected chi connectivity index (χ3v) is 3.42. The molecule has 0 bridgehead atoms. The molecule has 3 N–H and O–H groups in total. The molecule has 0 saturated carbocycles. The summed E-state index contributed by atoms with van der Waals surface area (Å²) in [5.41, 5.74) is 8.07. The van der Waals surface area contributed by atoms with Gasteiger partial charge in [0.05, 0.1) is 12.1 Å². The molecule has 3 atom stereocenters. The van der Waals surface area contributed by atoms with E-state index in [0.29, 0.717) is 5.02 Å². The average molecular weight is 278 g/mol. The molecule has 17 heavy (non-hydrogen) atoms. The first kappa shape index (κ1) is 16.7. The zero-order valence-corrected chi connectivity index (χ0v) is 12.1. The van der Waals surface area contributed by atoms with Gasteiger partial charge in [0.2, 0.25) is 0 Å². The van der Waals surface area contributed by atoms with Crippen LogP contribution in [0.1, 0.15) is 37.4 Å². The fourth-order valence-corrected chi connectivity index (χ4v) is 2.02. The molecule has 0 aliphatic heterocycles. The highest BCUT2D eigenvalue weighted by molar-refractivity contribution is 6.30. The van der Waals surface area contributed by atoms with E-state index in [1.807, 2.05) is 32.0 Å². The standard InChI is InChI=1S/C13H20ClNO.ClH/c1-4-8(2)13(16)12(15)11-6-5-10(14)7-9(11)3;/h5-8,12-13,16H,4,15H2,1-3H3;1H/t8?,12-,13+;/m0./s1. The van der Waals surface area contributed by atoms with Crippen LogP contribution in [0.3, 0.4) is 0 Å². The summed E-state index contributed by atoms with van der Waals surface area (Å²) in [6, 6.07) is 5.24. The monoisotopic (exact) mass is 277 g/mol. The van der Waals surface area contributed by atoms with Crippen LogP contribution in [0.25, 0.3) is 0 Å². The van der Waals surface area contributed by atoms with E-state index < -0.39 is 6.10 Å². The van der Waals surface area contributed by atoms with Gasteiger partial charge in [0.15, 0.2) is 0 Å². The molecule has 1 rings (SSSR count). The number of hydrogen-bond acceptors (Lipinski definition) is 2. The van der Waals surface area contributed by atoms with Crippen LogP contribution in [0.15, 0.2) is 18.2 Å². The van der Waals surface area contributed by atoms with Crippen molar-refractivity contribution in [2.24, 2.45) is 11.7 Å². The number of aliphatic hydroxyl groups excluding tert-OH is 1. The second kappa shape index (κ2) is 7.22. The van der Waals surface area contributed by atoms with E-state index in [4.69, 9.17) is 17.3 Å². The maximum absolute atomic E-state index is 10.1. The van der Waals surface area contributed by atoms with E-state index in [1.54, 1.807) is 0 Å². The summed E-state index contributed by atoms with van der Waals surface area (Å²) < 4.78 is 0. The molecule has 1 aromatic rings. The van der Waals surface area contributed by atoms with Crippen LogP contribution in [0, 0.1) is 12.8 Å². The zero-order chi connectivity index (χ0) is 12.3. The van der Waals surface area contributed by atoms with Gasteiger partial charge >= 0.3 is 0 Å². The summed E-state index contributed by atoms with van der Waals surface area (Å²) in [7, 11) is 0. The molecule has 0 amide bonds. The Morgan fingerprint density at radius 3 is 2.47 bits per heavy atom. The maximum atomic E-state index is 10.1. The molecular formula is C13H21Cl2NO. The van der Waals surface area contributed by atoms with Gasteiger partial charge in [-0.2, -0.15) is 0 Å². The van der Waals surface area contributed by atoms with Crippen molar-refractivity contribution < 1.29 is 5.11 Å². The number of hydrogen-bond donors (Lipinski definition) is 2. The summed E-state index contributed by atoms with van der Waals surface area (Å²) in [4.78, 5) is 0. The highest BCUT2D eigenvalue weighted by atomic mass is 35.5. The Bertz CT molecular complexity index is 357. The lowest BCUT2D eigenvalue weighted by molar-refractivity contribution is 0.0878. The van der Waals surface area contributed by atoms with Crippen LogP contribution in [-0.4, -0.2) is 11.2 Å². The van der Waals surface area contributed by atoms with Crippen molar-refractivity contribution in [3.63, 3.8) is 0 Å². The van der Waals surface area contributed by atoms with Crippen LogP contribution in [-0.2, 0) is 0 Å². The van der Waals surface area contributed by atoms with Gasteiger partial charge in [0.1, 0.15) is 0 Å². The molecule has 0 aliphatic carbocycles. The fourth-order valence-electron chi connectivity index (χ4n) is 1.79. The summed E-state index contributed by atoms with van der Waals surface area (Å²) in [6.45, 7) is 6.02. The molecule has 0 fully saturated rings. The van der Waals surface area contributed by atoms with Crippen molar-refractivity contribution in [2.75, 3.05) is 0 Å². The second-order valence-electron chi connectivity index (χ2n) is 4.40. The van der Waals surface area contributed by atoms with E-state index in [9.17, 15) is 5.11 Å². The second-order valence-corrected chi connectivity index (χ2v) is 4.84. The van der Waals surface area contributed by atoms with E-state index in [0.717, 1.165) is 17.5 Å². The third-order valence-electron chi connectivity index (χ3n) is 3.19. The third kappa shape index (κ3) is 4.14. The largest absolute Gasteiger partial charge is 0.391 e. The minimum atomic E-state index is -0.509. The number of halogens is 2. The minimum Gasteiger partial charge on any atom is -0.391 e. The number of rotatable bonds is 4. The Labute approximate surface area is 115 Å². The lowest BCUT2D eigenvalue weighted by Crippen LogP contribution is -2.32. The predicted octanol–water partition coefficient (Wildman–Crippen LogP) is 3.48. The molecular weight excluding hydrogens is 257 g/mol. The van der Waals surface area contributed by atoms with Crippen LogP contribution in [0.2, 0.25) is 5.02 Å². The first-order valence-corrected chi connectivity index (χ1v) is 6.04. The SMILES string of the molecule is CCC(C)[C@@H](O)[C@@H](N)c1ccc(Cl)cc1C.Cl. The predicted molar refractivity (Wildman–Crippen MR) is 75.8 cm³/mol. The molecule has 4 heteroatoms. The van der Waals surface area contributed by atoms with Crippen molar-refractivity contribution in [1.29, 1.82) is 0 Å². The topological polar surface area (TPSA) is 46.2 Å². The van der Waals surface area contributed by atoms with Gasteiger partial charge in [-0.25, -0.2) is 0 Å². The lowest BCUT2D eigenvalue weighted by Gasteiger charge is -2.25. The molecule has 98 valence electrons. The number of benzene rings is 1. The Morgan fingerprint density at radius 2 is 2.00 bits per heavy atom. The van der Waals surface area contributed by atoms with Crippen molar-refractivity contribution >= 4 is 24.0 Å². The molecule has 0 aliphatic rings. The zero-order valence-electron chi connectivity index (χ0n) is 10.5. The molecule has 0 aromatic heterocycles. The number of aliphatic hydroxyl groups is 1. The Balaban J connectivity index is 0.00000256. The normalized spacial score (nSPS) is 15.9. The Morgan fingerprint density at radius 1 is 1.41 bits per heavy atom. The fraction of sp³-hybridized carbons (Fsp3) is 0.538. The summed E-state index contributed by atoms with van der Waals surface area (Å²) in [5.74, 6) is 0.199. The van der Waals surface area contributed by atoms with Gasteiger partial charge in [0.25, 0.3) is 0 Å². The van der Waals surface area contributed by atoms with Crippen molar-refractivity contribution in [1.82, 2.24) is 0 Å². The first-order valence-electron chi connectivity index (χ1n) is 5.67. The lowest BCUT2D eigenvalue weighted by atomic mass is 9.90. The van der Waals surface area contributed by atoms with Gasteiger partial charge in [-0.1, -0.05) is 37.9 Å². The van der Waals surface area contributed by atoms with Crippen LogP contribution < -0.4 is 5.73 Å². The highest BCUT2D eigenvalue weighted by Crippen LogP contribution is 2.25. The van der Waals surface area contributed by atoms with E-state index in [1.165, 1.54) is 0 Å². The van der Waals surface area contributed by atoms with E-state index in [2.05, 4.69) is 6.92 Å². The van der Waals surface area contributed by atoms with E-state index in [-0.39, 0.29) is 24.4 Å². The minimum absolute atomic E-state index is 0. The smallest absolute Gasteiger partial charge is 0.0758 e. The van der Waals surface area contributed by atoms with Gasteiger partial charge in [-0.15, -0.1) is 12.4 Å². The average Bonchev–Trinajstić information content (AvgIpc) is 2.26. The molecule has 0 heterocycles.